The molecule has 1 aromatic carbocycles. The van der Waals surface area contributed by atoms with E-state index < -0.39 is 10.0 Å². The molecule has 2 aromatic rings. The van der Waals surface area contributed by atoms with Gasteiger partial charge in [-0.25, -0.2) is 13.1 Å². The van der Waals surface area contributed by atoms with Crippen molar-refractivity contribution in [2.75, 3.05) is 4.72 Å². The summed E-state index contributed by atoms with van der Waals surface area (Å²) in [4.78, 5) is 14.8. The van der Waals surface area contributed by atoms with E-state index in [4.69, 9.17) is 0 Å². The van der Waals surface area contributed by atoms with E-state index in [0.717, 1.165) is 5.56 Å². The first-order valence-corrected chi connectivity index (χ1v) is 7.60. The normalized spacial score (nSPS) is 11.1. The zero-order valence-electron chi connectivity index (χ0n) is 11.5. The van der Waals surface area contributed by atoms with Gasteiger partial charge in [-0.2, -0.15) is 4.98 Å². The number of hydrogen-bond donors (Lipinski definition) is 3. The highest BCUT2D eigenvalue weighted by atomic mass is 32.2. The maximum atomic E-state index is 12.1. The van der Waals surface area contributed by atoms with Crippen LogP contribution in [0.5, 0.6) is 0 Å². The molecule has 8 nitrogen and oxygen atoms in total. The number of carbonyl (C=O) groups excluding carboxylic acids is 1. The number of amides is 1. The van der Waals surface area contributed by atoms with E-state index in [0.29, 0.717) is 12.4 Å². The predicted molar refractivity (Wildman–Crippen MR) is 75.9 cm³/mol. The van der Waals surface area contributed by atoms with Crippen molar-refractivity contribution in [3.05, 3.63) is 35.7 Å². The van der Waals surface area contributed by atoms with E-state index in [1.54, 1.807) is 19.1 Å². The number of benzene rings is 1. The number of aromatic nitrogens is 3. The smallest absolute Gasteiger partial charge is 0.264 e. The summed E-state index contributed by atoms with van der Waals surface area (Å²) >= 11 is 0. The minimum atomic E-state index is -3.73. The van der Waals surface area contributed by atoms with Gasteiger partial charge in [0.2, 0.25) is 5.91 Å². The number of aromatic amines is 1. The van der Waals surface area contributed by atoms with Crippen LogP contribution in [0.2, 0.25) is 0 Å². The van der Waals surface area contributed by atoms with Crippen molar-refractivity contribution in [3.63, 3.8) is 0 Å². The highest BCUT2D eigenvalue weighted by Crippen LogP contribution is 2.14. The Bertz CT molecular complexity index is 737. The monoisotopic (exact) mass is 309 g/mol. The van der Waals surface area contributed by atoms with Gasteiger partial charge in [-0.15, -0.1) is 5.10 Å². The van der Waals surface area contributed by atoms with Crippen molar-refractivity contribution >= 4 is 21.9 Å². The van der Waals surface area contributed by atoms with Gasteiger partial charge in [0, 0.05) is 13.5 Å². The van der Waals surface area contributed by atoms with Crippen molar-refractivity contribution in [2.45, 2.75) is 25.3 Å². The molecule has 0 saturated heterocycles. The number of nitrogens with zero attached hydrogens (tertiary/aromatic N) is 2. The summed E-state index contributed by atoms with van der Waals surface area (Å²) in [5, 5.41) is 8.90. The zero-order chi connectivity index (χ0) is 15.5. The van der Waals surface area contributed by atoms with Gasteiger partial charge in [-0.1, -0.05) is 12.1 Å². The summed E-state index contributed by atoms with van der Waals surface area (Å²) < 4.78 is 26.5. The first kappa shape index (κ1) is 15.0. The summed E-state index contributed by atoms with van der Waals surface area (Å²) in [7, 11) is -3.73. The van der Waals surface area contributed by atoms with E-state index in [1.165, 1.54) is 19.1 Å². The van der Waals surface area contributed by atoms with E-state index in [2.05, 4.69) is 25.2 Å². The average molecular weight is 309 g/mol. The maximum Gasteiger partial charge on any atom is 0.264 e. The third-order valence-electron chi connectivity index (χ3n) is 2.60. The van der Waals surface area contributed by atoms with Crippen LogP contribution in [0.25, 0.3) is 0 Å². The lowest BCUT2D eigenvalue weighted by Gasteiger charge is -2.06. The van der Waals surface area contributed by atoms with Crippen molar-refractivity contribution in [2.24, 2.45) is 0 Å². The SMILES string of the molecule is CC(=O)NCc1ccc(S(=O)(=O)Nc2n[nH]c(C)n2)cc1. The fourth-order valence-electron chi connectivity index (χ4n) is 1.58. The highest BCUT2D eigenvalue weighted by Gasteiger charge is 2.16. The molecule has 3 N–H and O–H groups in total. The van der Waals surface area contributed by atoms with Gasteiger partial charge in [-0.05, 0) is 24.6 Å². The first-order chi connectivity index (χ1) is 9.87. The quantitative estimate of drug-likeness (QED) is 0.745. The number of aryl methyl sites for hydroxylation is 1. The van der Waals surface area contributed by atoms with Crippen LogP contribution in [0.15, 0.2) is 29.2 Å². The Morgan fingerprint density at radius 2 is 1.95 bits per heavy atom. The van der Waals surface area contributed by atoms with Crippen LogP contribution in [-0.4, -0.2) is 29.5 Å². The Labute approximate surface area is 122 Å². The molecule has 0 fully saturated rings. The van der Waals surface area contributed by atoms with Gasteiger partial charge >= 0.3 is 0 Å². The number of carbonyl (C=O) groups is 1. The van der Waals surface area contributed by atoms with Gasteiger partial charge in [-0.3, -0.25) is 9.89 Å². The molecule has 0 aliphatic rings. The summed E-state index contributed by atoms with van der Waals surface area (Å²) in [6, 6.07) is 6.18. The summed E-state index contributed by atoms with van der Waals surface area (Å²) in [6.07, 6.45) is 0. The van der Waals surface area contributed by atoms with Crippen LogP contribution < -0.4 is 10.0 Å². The summed E-state index contributed by atoms with van der Waals surface area (Å²) in [6.45, 7) is 3.44. The van der Waals surface area contributed by atoms with Crippen LogP contribution in [0, 0.1) is 6.92 Å². The lowest BCUT2D eigenvalue weighted by molar-refractivity contribution is -0.119. The summed E-state index contributed by atoms with van der Waals surface area (Å²) in [5.74, 6) is 0.363. The molecule has 21 heavy (non-hydrogen) atoms. The topological polar surface area (TPSA) is 117 Å². The molecule has 0 unspecified atom stereocenters. The number of rotatable bonds is 5. The van der Waals surface area contributed by atoms with E-state index >= 15 is 0 Å². The third kappa shape index (κ3) is 4.02. The van der Waals surface area contributed by atoms with Crippen molar-refractivity contribution < 1.29 is 13.2 Å². The van der Waals surface area contributed by atoms with E-state index in [1.807, 2.05) is 0 Å². The predicted octanol–water partition coefficient (Wildman–Crippen LogP) is 0.550. The van der Waals surface area contributed by atoms with E-state index in [9.17, 15) is 13.2 Å². The number of anilines is 1. The molecule has 0 radical (unpaired) electrons. The number of hydrogen-bond acceptors (Lipinski definition) is 5. The minimum absolute atomic E-state index is 0.00479. The molecule has 2 rings (SSSR count). The second kappa shape index (κ2) is 5.92. The fraction of sp³-hybridized carbons (Fsp3) is 0.250. The average Bonchev–Trinajstić information content (AvgIpc) is 2.81. The Balaban J connectivity index is 2.11. The van der Waals surface area contributed by atoms with Crippen LogP contribution in [0.3, 0.4) is 0 Å². The largest absolute Gasteiger partial charge is 0.352 e. The maximum absolute atomic E-state index is 12.1. The van der Waals surface area contributed by atoms with E-state index in [-0.39, 0.29) is 16.8 Å². The molecule has 1 heterocycles. The molecule has 0 atom stereocenters. The van der Waals surface area contributed by atoms with Crippen molar-refractivity contribution in [1.82, 2.24) is 20.5 Å². The molecule has 112 valence electrons. The van der Waals surface area contributed by atoms with Crippen LogP contribution in [0.4, 0.5) is 5.95 Å². The molecule has 1 aromatic heterocycles. The zero-order valence-corrected chi connectivity index (χ0v) is 12.4. The molecule has 0 aliphatic heterocycles. The molecule has 0 saturated carbocycles. The van der Waals surface area contributed by atoms with Gasteiger partial charge in [0.25, 0.3) is 16.0 Å². The van der Waals surface area contributed by atoms with Gasteiger partial charge in [0.15, 0.2) is 0 Å². The Kier molecular flexibility index (Phi) is 4.22. The van der Waals surface area contributed by atoms with Crippen LogP contribution in [-0.2, 0) is 21.4 Å². The minimum Gasteiger partial charge on any atom is -0.352 e. The number of H-pyrrole nitrogens is 1. The second-order valence-electron chi connectivity index (χ2n) is 4.40. The Morgan fingerprint density at radius 1 is 1.29 bits per heavy atom. The Hall–Kier alpha value is -2.42. The highest BCUT2D eigenvalue weighted by molar-refractivity contribution is 7.92. The third-order valence-corrected chi connectivity index (χ3v) is 3.94. The lowest BCUT2D eigenvalue weighted by Crippen LogP contribution is -2.19. The van der Waals surface area contributed by atoms with Gasteiger partial charge in [0.1, 0.15) is 5.82 Å². The fourth-order valence-corrected chi connectivity index (χ4v) is 2.52. The summed E-state index contributed by atoms with van der Waals surface area (Å²) in [5.41, 5.74) is 0.804. The van der Waals surface area contributed by atoms with Crippen molar-refractivity contribution in [1.29, 1.82) is 0 Å². The Morgan fingerprint density at radius 3 is 2.48 bits per heavy atom. The molecular weight excluding hydrogens is 294 g/mol. The first-order valence-electron chi connectivity index (χ1n) is 6.12. The molecule has 0 aliphatic carbocycles. The number of nitrogens with one attached hydrogen (secondary N) is 3. The van der Waals surface area contributed by atoms with Gasteiger partial charge < -0.3 is 5.32 Å². The number of sulfonamides is 1. The van der Waals surface area contributed by atoms with Crippen LogP contribution >= 0.6 is 0 Å². The van der Waals surface area contributed by atoms with Gasteiger partial charge in [0.05, 0.1) is 4.90 Å². The van der Waals surface area contributed by atoms with Crippen molar-refractivity contribution in [3.8, 4) is 0 Å². The second-order valence-corrected chi connectivity index (χ2v) is 6.09. The molecular formula is C12H15N5O3S. The lowest BCUT2D eigenvalue weighted by atomic mass is 10.2. The molecule has 1 amide bonds. The van der Waals surface area contributed by atoms with Crippen LogP contribution in [0.1, 0.15) is 18.3 Å². The molecule has 9 heteroatoms. The standard InChI is InChI=1S/C12H15N5O3S/c1-8-14-12(16-15-8)17-21(19,20)11-5-3-10(4-6-11)7-13-9(2)18/h3-6H,7H2,1-2H3,(H,13,18)(H2,14,15,16,17). The molecule has 0 spiro atoms. The molecule has 0 bridgehead atoms.